The van der Waals surface area contributed by atoms with Crippen LogP contribution in [-0.4, -0.2) is 285 Å². The van der Waals surface area contributed by atoms with Crippen molar-refractivity contribution in [3.63, 3.8) is 0 Å². The summed E-state index contributed by atoms with van der Waals surface area (Å²) in [4.78, 5) is 14.7. The third-order valence-electron chi connectivity index (χ3n) is 19.2. The van der Waals surface area contributed by atoms with Gasteiger partial charge in [0.05, 0.1) is 44.1 Å². The van der Waals surface area contributed by atoms with E-state index in [-0.39, 0.29) is 11.8 Å². The zero-order chi connectivity index (χ0) is 56.7. The van der Waals surface area contributed by atoms with Gasteiger partial charge in [0.1, 0.15) is 122 Å². The first-order valence-electron chi connectivity index (χ1n) is 26.9. The molecule has 28 heteroatoms. The Morgan fingerprint density at radius 1 is 0.513 bits per heavy atom. The van der Waals surface area contributed by atoms with Gasteiger partial charge in [0.15, 0.2) is 25.2 Å². The SMILES string of the molecule is C=C1C[C@@]23CCC4[C@](C)(C(=O)OC5OC(COC6OC(CO)C(O)C(O)C6O)C(O)C(O)C5O)CCC[C@@]4(C)[C@@H]2CCC1(OC1OC(CO)C(O)C(OC2OC(CO)C(O)C(O)C2O)C1OC1OC(CO)C(O)C(O)C1O)C3. The molecule has 0 aromatic heterocycles. The molecule has 1 spiro atoms. The summed E-state index contributed by atoms with van der Waals surface area (Å²) < 4.78 is 59.7. The summed E-state index contributed by atoms with van der Waals surface area (Å²) in [5, 5.41) is 180. The third kappa shape index (κ3) is 10.4. The minimum atomic E-state index is -1.99. The zero-order valence-corrected chi connectivity index (χ0v) is 43.3. The number of esters is 1. The second kappa shape index (κ2) is 23.3. The molecular weight excluding hydrogens is 1050 g/mol. The van der Waals surface area contributed by atoms with E-state index in [1.807, 2.05) is 0 Å². The van der Waals surface area contributed by atoms with Crippen LogP contribution in [0.1, 0.15) is 71.6 Å². The summed E-state index contributed by atoms with van der Waals surface area (Å²) in [5.41, 5.74) is -2.70. The van der Waals surface area contributed by atoms with Gasteiger partial charge in [0, 0.05) is 0 Å². The maximum atomic E-state index is 14.7. The molecule has 31 atom stereocenters. The van der Waals surface area contributed by atoms with E-state index in [9.17, 15) is 91.6 Å². The number of hydrogen-bond donors (Lipinski definition) is 17. The Morgan fingerprint density at radius 3 is 1.51 bits per heavy atom. The fourth-order valence-corrected chi connectivity index (χ4v) is 14.9. The van der Waals surface area contributed by atoms with Gasteiger partial charge in [-0.2, -0.15) is 0 Å². The highest BCUT2D eigenvalue weighted by molar-refractivity contribution is 5.77. The Kier molecular flexibility index (Phi) is 18.2. The van der Waals surface area contributed by atoms with Crippen LogP contribution in [0.5, 0.6) is 0 Å². The van der Waals surface area contributed by atoms with Crippen molar-refractivity contribution in [2.75, 3.05) is 33.0 Å². The van der Waals surface area contributed by atoms with E-state index in [0.29, 0.717) is 63.4 Å². The molecule has 9 rings (SSSR count). The molecule has 448 valence electrons. The molecule has 9 aliphatic rings. The van der Waals surface area contributed by atoms with Crippen molar-refractivity contribution in [2.24, 2.45) is 28.1 Å². The molecule has 28 nitrogen and oxygen atoms in total. The van der Waals surface area contributed by atoms with Crippen LogP contribution in [0.2, 0.25) is 0 Å². The highest BCUT2D eigenvalue weighted by Crippen LogP contribution is 2.74. The van der Waals surface area contributed by atoms with Crippen molar-refractivity contribution in [1.29, 1.82) is 0 Å². The van der Waals surface area contributed by atoms with E-state index in [1.165, 1.54) is 0 Å². The lowest BCUT2D eigenvalue weighted by Gasteiger charge is -2.64. The number of hydrogen-bond acceptors (Lipinski definition) is 28. The largest absolute Gasteiger partial charge is 0.432 e. The molecule has 9 fully saturated rings. The molecule has 5 saturated heterocycles. The average Bonchev–Trinajstić information content (AvgIpc) is 3.54. The van der Waals surface area contributed by atoms with Gasteiger partial charge < -0.3 is 134 Å². The molecule has 2 bridgehead atoms. The highest BCUT2D eigenvalue weighted by atomic mass is 16.8. The molecule has 0 aromatic carbocycles. The molecule has 17 N–H and O–H groups in total. The first-order chi connectivity index (χ1) is 36.8. The molecule has 4 saturated carbocycles. The summed E-state index contributed by atoms with van der Waals surface area (Å²) in [6, 6.07) is 0. The Balaban J connectivity index is 0.933. The summed E-state index contributed by atoms with van der Waals surface area (Å²) in [7, 11) is 0. The van der Waals surface area contributed by atoms with Gasteiger partial charge in [-0.3, -0.25) is 4.79 Å². The summed E-state index contributed by atoms with van der Waals surface area (Å²) in [5.74, 6) is -1.07. The Morgan fingerprint density at radius 2 is 0.962 bits per heavy atom. The van der Waals surface area contributed by atoms with E-state index >= 15 is 0 Å². The minimum Gasteiger partial charge on any atom is -0.432 e. The van der Waals surface area contributed by atoms with Crippen molar-refractivity contribution in [2.45, 2.75) is 231 Å². The van der Waals surface area contributed by atoms with Gasteiger partial charge in [0.25, 0.3) is 0 Å². The number of fused-ring (bicyclic) bond motifs is 3. The first-order valence-corrected chi connectivity index (χ1v) is 26.9. The van der Waals surface area contributed by atoms with Crippen LogP contribution in [0.3, 0.4) is 0 Å². The number of aliphatic hydroxyl groups is 17. The van der Waals surface area contributed by atoms with E-state index < -0.39 is 214 Å². The lowest BCUT2D eigenvalue weighted by molar-refractivity contribution is -0.400. The quantitative estimate of drug-likeness (QED) is 0.0411. The second-order valence-corrected chi connectivity index (χ2v) is 23.7. The molecule has 4 aliphatic carbocycles. The number of aliphatic hydroxyl groups excluding tert-OH is 17. The molecule has 27 unspecified atom stereocenters. The lowest BCUT2D eigenvalue weighted by atomic mass is 9.41. The maximum absolute atomic E-state index is 14.7. The van der Waals surface area contributed by atoms with Gasteiger partial charge in [-0.15, -0.1) is 0 Å². The monoisotopic (exact) mass is 1130 g/mol. The van der Waals surface area contributed by atoms with Crippen molar-refractivity contribution in [3.05, 3.63) is 12.2 Å². The zero-order valence-electron chi connectivity index (χ0n) is 43.3. The Labute approximate surface area is 448 Å². The molecule has 78 heavy (non-hydrogen) atoms. The predicted octanol–water partition coefficient (Wildman–Crippen LogP) is -7.29. The van der Waals surface area contributed by atoms with Crippen LogP contribution in [-0.2, 0) is 52.2 Å². The molecular formula is C50H80O28. The minimum absolute atomic E-state index is 0.0488. The summed E-state index contributed by atoms with van der Waals surface area (Å²) >= 11 is 0. The summed E-state index contributed by atoms with van der Waals surface area (Å²) in [6.45, 7) is 4.59. The van der Waals surface area contributed by atoms with Gasteiger partial charge in [-0.1, -0.05) is 19.9 Å². The molecule has 5 heterocycles. The molecule has 0 radical (unpaired) electrons. The molecule has 5 aliphatic heterocycles. The topological polar surface area (TPSA) is 453 Å². The molecule has 0 aromatic rings. The smallest absolute Gasteiger partial charge is 0.314 e. The van der Waals surface area contributed by atoms with Crippen LogP contribution in [0.4, 0.5) is 0 Å². The number of rotatable bonds is 15. The van der Waals surface area contributed by atoms with Gasteiger partial charge >= 0.3 is 5.97 Å². The number of ether oxygens (including phenoxy) is 10. The standard InChI is InChI=1S/C50H80O28/c1-18-11-49-9-5-24-47(2,7-4-8-48(24,3)46(68)77-44-38(67)34(63)29(58)23(74-44)16-69-41-35(64)31(60)26(55)19(12-51)70-41)25(49)6-10-50(18,17-49)78-45-40(76-43-37(66)33(62)28(57)21(14-53)72-43)39(30(59)22(15-54)73-45)75-42-36(65)32(61)27(56)20(13-52)71-42/h19-45,51-67H,1,4-17H2,2-3H3/t19?,20?,21?,22?,23?,24?,25-,26?,27?,28?,29?,30?,31?,32?,33?,34?,35?,36?,37?,38?,39?,40?,41?,42?,43?,44?,45?,47+,48+,49+,50?/m0/s1. The van der Waals surface area contributed by atoms with Crippen LogP contribution in [0.25, 0.3) is 0 Å². The fraction of sp³-hybridized carbons (Fsp3) is 0.940. The highest BCUT2D eigenvalue weighted by Gasteiger charge is 2.70. The van der Waals surface area contributed by atoms with Gasteiger partial charge in [0.2, 0.25) is 6.29 Å². The van der Waals surface area contributed by atoms with Crippen molar-refractivity contribution < 1.29 is 139 Å². The fourth-order valence-electron chi connectivity index (χ4n) is 14.9. The Bertz CT molecular complexity index is 2070. The summed E-state index contributed by atoms with van der Waals surface area (Å²) in [6.07, 6.45) is -39.2. The lowest BCUT2D eigenvalue weighted by Crippen LogP contribution is -2.68. The van der Waals surface area contributed by atoms with Crippen LogP contribution in [0.15, 0.2) is 12.2 Å². The molecule has 0 amide bonds. The number of carbonyl (C=O) groups is 1. The maximum Gasteiger partial charge on any atom is 0.314 e. The van der Waals surface area contributed by atoms with Crippen molar-refractivity contribution in [1.82, 2.24) is 0 Å². The first kappa shape index (κ1) is 60.8. The van der Waals surface area contributed by atoms with Gasteiger partial charge in [-0.05, 0) is 86.5 Å². The normalized spacial score (nSPS) is 54.5. The average molecular weight is 1130 g/mol. The Hall–Kier alpha value is -1.83. The second-order valence-electron chi connectivity index (χ2n) is 23.7. The third-order valence-corrected chi connectivity index (χ3v) is 19.2. The van der Waals surface area contributed by atoms with E-state index in [2.05, 4.69) is 13.5 Å². The number of carbonyl (C=O) groups excluding carboxylic acids is 1. The predicted molar refractivity (Wildman–Crippen MR) is 252 cm³/mol. The van der Waals surface area contributed by atoms with Crippen molar-refractivity contribution in [3.8, 4) is 0 Å². The van der Waals surface area contributed by atoms with Crippen LogP contribution in [0, 0.1) is 28.1 Å². The van der Waals surface area contributed by atoms with Gasteiger partial charge in [-0.25, -0.2) is 0 Å². The van der Waals surface area contributed by atoms with Crippen molar-refractivity contribution >= 4 is 5.97 Å². The van der Waals surface area contributed by atoms with E-state index in [1.54, 1.807) is 6.92 Å². The van der Waals surface area contributed by atoms with Crippen LogP contribution < -0.4 is 0 Å². The van der Waals surface area contributed by atoms with E-state index in [4.69, 9.17) is 47.4 Å². The van der Waals surface area contributed by atoms with Crippen LogP contribution >= 0.6 is 0 Å². The van der Waals surface area contributed by atoms with E-state index in [0.717, 1.165) is 0 Å².